The zero-order chi connectivity index (χ0) is 7.52. The Morgan fingerprint density at radius 1 is 1.18 bits per heavy atom. The maximum absolute atomic E-state index is 3.47. The van der Waals surface area contributed by atoms with Crippen molar-refractivity contribution >= 4 is 0 Å². The Morgan fingerprint density at radius 3 is 3.18 bits per heavy atom. The molecule has 0 spiro atoms. The summed E-state index contributed by atoms with van der Waals surface area (Å²) in [6, 6.07) is 0. The Kier molecular flexibility index (Phi) is 2.27. The van der Waals surface area contributed by atoms with Crippen molar-refractivity contribution in [3.05, 3.63) is 12.2 Å². The SMILES string of the molecule is C1=C\C2CNCC2CCCC/1. The van der Waals surface area contributed by atoms with Crippen LogP contribution in [0, 0.1) is 11.8 Å². The fourth-order valence-electron chi connectivity index (χ4n) is 2.23. The van der Waals surface area contributed by atoms with E-state index in [4.69, 9.17) is 0 Å². The molecular weight excluding hydrogens is 134 g/mol. The van der Waals surface area contributed by atoms with Gasteiger partial charge in [0, 0.05) is 6.54 Å². The third-order valence-electron chi connectivity index (χ3n) is 2.97. The summed E-state index contributed by atoms with van der Waals surface area (Å²) in [5.74, 6) is 1.81. The topological polar surface area (TPSA) is 12.0 Å². The molecule has 0 aromatic carbocycles. The van der Waals surface area contributed by atoms with Crippen LogP contribution in [0.3, 0.4) is 0 Å². The molecule has 0 amide bonds. The van der Waals surface area contributed by atoms with E-state index in [9.17, 15) is 0 Å². The normalized spacial score (nSPS) is 40.7. The predicted molar refractivity (Wildman–Crippen MR) is 47.5 cm³/mol. The molecule has 2 atom stereocenters. The van der Waals surface area contributed by atoms with E-state index < -0.39 is 0 Å². The first-order valence-electron chi connectivity index (χ1n) is 4.84. The van der Waals surface area contributed by atoms with Crippen LogP contribution in [-0.4, -0.2) is 13.1 Å². The number of rotatable bonds is 0. The summed E-state index contributed by atoms with van der Waals surface area (Å²) in [7, 11) is 0. The van der Waals surface area contributed by atoms with Crippen molar-refractivity contribution in [3.8, 4) is 0 Å². The zero-order valence-electron chi connectivity index (χ0n) is 7.05. The molecule has 1 aliphatic carbocycles. The molecule has 62 valence electrons. The molecule has 1 fully saturated rings. The predicted octanol–water partition coefficient (Wildman–Crippen LogP) is 1.95. The Morgan fingerprint density at radius 2 is 2.18 bits per heavy atom. The average molecular weight is 151 g/mol. The fourth-order valence-corrected chi connectivity index (χ4v) is 2.23. The minimum Gasteiger partial charge on any atom is -0.316 e. The molecule has 1 nitrogen and oxygen atoms in total. The zero-order valence-corrected chi connectivity index (χ0v) is 7.05. The quantitative estimate of drug-likeness (QED) is 0.522. The van der Waals surface area contributed by atoms with E-state index in [2.05, 4.69) is 17.5 Å². The number of hydrogen-bond donors (Lipinski definition) is 1. The smallest absolute Gasteiger partial charge is 0.00174 e. The highest BCUT2D eigenvalue weighted by atomic mass is 14.9. The highest BCUT2D eigenvalue weighted by Crippen LogP contribution is 2.26. The first-order valence-corrected chi connectivity index (χ1v) is 4.84. The van der Waals surface area contributed by atoms with Gasteiger partial charge in [0.1, 0.15) is 0 Å². The van der Waals surface area contributed by atoms with E-state index in [1.165, 1.54) is 38.8 Å². The van der Waals surface area contributed by atoms with Gasteiger partial charge in [0.15, 0.2) is 0 Å². The molecule has 0 aromatic rings. The first kappa shape index (κ1) is 7.35. The summed E-state index contributed by atoms with van der Waals surface area (Å²) < 4.78 is 0. The van der Waals surface area contributed by atoms with Gasteiger partial charge in [0.05, 0.1) is 0 Å². The first-order chi connectivity index (χ1) is 5.47. The van der Waals surface area contributed by atoms with E-state index in [0.29, 0.717) is 0 Å². The van der Waals surface area contributed by atoms with Gasteiger partial charge in [-0.2, -0.15) is 0 Å². The molecule has 1 heterocycles. The molecule has 1 heteroatoms. The Labute approximate surface area is 68.9 Å². The molecular formula is C10H17N. The molecule has 2 aliphatic rings. The van der Waals surface area contributed by atoms with Crippen molar-refractivity contribution < 1.29 is 0 Å². The number of nitrogens with one attached hydrogen (secondary N) is 1. The molecule has 0 radical (unpaired) electrons. The minimum absolute atomic E-state index is 0.857. The summed E-state index contributed by atoms with van der Waals surface area (Å²) in [4.78, 5) is 0. The van der Waals surface area contributed by atoms with E-state index in [1.54, 1.807) is 0 Å². The molecule has 1 saturated heterocycles. The average Bonchev–Trinajstić information content (AvgIpc) is 2.35. The van der Waals surface area contributed by atoms with Gasteiger partial charge < -0.3 is 5.32 Å². The van der Waals surface area contributed by atoms with Crippen LogP contribution in [0.4, 0.5) is 0 Å². The Balaban J connectivity index is 2.01. The second-order valence-electron chi connectivity index (χ2n) is 3.79. The van der Waals surface area contributed by atoms with Crippen molar-refractivity contribution in [2.24, 2.45) is 11.8 Å². The molecule has 0 bridgehead atoms. The third-order valence-corrected chi connectivity index (χ3v) is 2.97. The molecule has 2 rings (SSSR count). The van der Waals surface area contributed by atoms with E-state index >= 15 is 0 Å². The maximum atomic E-state index is 3.47. The number of allylic oxidation sites excluding steroid dienone is 1. The van der Waals surface area contributed by atoms with E-state index in [0.717, 1.165) is 11.8 Å². The van der Waals surface area contributed by atoms with Gasteiger partial charge in [0.2, 0.25) is 0 Å². The summed E-state index contributed by atoms with van der Waals surface area (Å²) in [6.07, 6.45) is 10.4. The summed E-state index contributed by atoms with van der Waals surface area (Å²) >= 11 is 0. The lowest BCUT2D eigenvalue weighted by atomic mass is 9.88. The van der Waals surface area contributed by atoms with Gasteiger partial charge >= 0.3 is 0 Å². The van der Waals surface area contributed by atoms with Crippen LogP contribution in [0.5, 0.6) is 0 Å². The van der Waals surface area contributed by atoms with Crippen molar-refractivity contribution in [1.29, 1.82) is 0 Å². The van der Waals surface area contributed by atoms with E-state index in [-0.39, 0.29) is 0 Å². The lowest BCUT2D eigenvalue weighted by molar-refractivity contribution is 0.427. The second kappa shape index (κ2) is 3.40. The standard InChI is InChI=1S/C10H17N/c1-2-4-6-10-8-11-7-9(10)5-3-1/h3,5,9-11H,1-2,4,6-8H2/b5-3-. The maximum Gasteiger partial charge on any atom is 0.00174 e. The van der Waals surface area contributed by atoms with Gasteiger partial charge in [-0.1, -0.05) is 18.6 Å². The third kappa shape index (κ3) is 1.64. The number of fused-ring (bicyclic) bond motifs is 1. The Hall–Kier alpha value is -0.300. The van der Waals surface area contributed by atoms with Crippen LogP contribution in [0.15, 0.2) is 12.2 Å². The summed E-state index contributed by atoms with van der Waals surface area (Å²) in [5.41, 5.74) is 0. The van der Waals surface area contributed by atoms with Crippen LogP contribution in [0.2, 0.25) is 0 Å². The van der Waals surface area contributed by atoms with Gasteiger partial charge in [-0.3, -0.25) is 0 Å². The van der Waals surface area contributed by atoms with Crippen LogP contribution in [0.25, 0.3) is 0 Å². The van der Waals surface area contributed by atoms with Gasteiger partial charge in [-0.25, -0.2) is 0 Å². The van der Waals surface area contributed by atoms with Gasteiger partial charge in [-0.15, -0.1) is 0 Å². The minimum atomic E-state index is 0.857. The molecule has 0 saturated carbocycles. The second-order valence-corrected chi connectivity index (χ2v) is 3.79. The molecule has 1 N–H and O–H groups in total. The van der Waals surface area contributed by atoms with Crippen molar-refractivity contribution in [2.75, 3.05) is 13.1 Å². The molecule has 2 unspecified atom stereocenters. The lowest BCUT2D eigenvalue weighted by Gasteiger charge is -2.16. The fraction of sp³-hybridized carbons (Fsp3) is 0.800. The number of hydrogen-bond acceptors (Lipinski definition) is 1. The van der Waals surface area contributed by atoms with Crippen LogP contribution in [0.1, 0.15) is 25.7 Å². The molecule has 0 aromatic heterocycles. The molecule has 11 heavy (non-hydrogen) atoms. The van der Waals surface area contributed by atoms with Crippen molar-refractivity contribution in [2.45, 2.75) is 25.7 Å². The largest absolute Gasteiger partial charge is 0.316 e. The monoisotopic (exact) mass is 151 g/mol. The van der Waals surface area contributed by atoms with Gasteiger partial charge in [0.25, 0.3) is 0 Å². The van der Waals surface area contributed by atoms with Crippen LogP contribution >= 0.6 is 0 Å². The van der Waals surface area contributed by atoms with Crippen molar-refractivity contribution in [1.82, 2.24) is 5.32 Å². The molecule has 1 aliphatic heterocycles. The summed E-state index contributed by atoms with van der Waals surface area (Å²) in [6.45, 7) is 2.48. The van der Waals surface area contributed by atoms with Crippen molar-refractivity contribution in [3.63, 3.8) is 0 Å². The summed E-state index contributed by atoms with van der Waals surface area (Å²) in [5, 5.41) is 3.47. The van der Waals surface area contributed by atoms with Crippen LogP contribution in [-0.2, 0) is 0 Å². The highest BCUT2D eigenvalue weighted by molar-refractivity contribution is 4.98. The van der Waals surface area contributed by atoms with Crippen LogP contribution < -0.4 is 5.32 Å². The highest BCUT2D eigenvalue weighted by Gasteiger charge is 2.24. The lowest BCUT2D eigenvalue weighted by Crippen LogP contribution is -2.11. The Bertz CT molecular complexity index is 151. The van der Waals surface area contributed by atoms with Gasteiger partial charge in [-0.05, 0) is 37.6 Å². The van der Waals surface area contributed by atoms with E-state index in [1.807, 2.05) is 0 Å².